The molecule has 2 aliphatic rings. The average molecular weight is 508 g/mol. The Morgan fingerprint density at radius 1 is 1.06 bits per heavy atom. The molecule has 1 unspecified atom stereocenters. The van der Waals surface area contributed by atoms with E-state index >= 15 is 0 Å². The molecule has 0 bridgehead atoms. The number of piperazine rings is 1. The maximum absolute atomic E-state index is 13.0. The van der Waals surface area contributed by atoms with Gasteiger partial charge in [-0.25, -0.2) is 0 Å². The minimum atomic E-state index is -4.34. The van der Waals surface area contributed by atoms with E-state index in [0.717, 1.165) is 45.2 Å². The number of benzene rings is 2. The highest BCUT2D eigenvalue weighted by atomic mass is 35.5. The highest BCUT2D eigenvalue weighted by Crippen LogP contribution is 2.28. The highest BCUT2D eigenvalue weighted by molar-refractivity contribution is 6.33. The van der Waals surface area contributed by atoms with Gasteiger partial charge in [0, 0.05) is 50.6 Å². The quantitative estimate of drug-likeness (QED) is 0.523. The summed E-state index contributed by atoms with van der Waals surface area (Å²) in [4.78, 5) is 17.2. The monoisotopic (exact) mass is 507 g/mol. The van der Waals surface area contributed by atoms with Crippen LogP contribution in [0.3, 0.4) is 0 Å². The van der Waals surface area contributed by atoms with Gasteiger partial charge in [-0.15, -0.1) is 0 Å². The van der Waals surface area contributed by atoms with E-state index < -0.39 is 12.6 Å². The van der Waals surface area contributed by atoms with Gasteiger partial charge in [-0.3, -0.25) is 9.69 Å². The number of anilines is 1. The Kier molecular flexibility index (Phi) is 8.36. The van der Waals surface area contributed by atoms with Crippen molar-refractivity contribution in [1.82, 2.24) is 9.80 Å². The van der Waals surface area contributed by atoms with Gasteiger partial charge in [0.1, 0.15) is 0 Å². The SMILES string of the molecule is O=C(c1ccc(/C(=C/CC(F)(F)F)Nc2ccccc2Cl)cc1)N1CCN(CC2CCCO2)CC1. The number of halogens is 4. The third kappa shape index (κ3) is 7.22. The number of amides is 1. The summed E-state index contributed by atoms with van der Waals surface area (Å²) in [6.45, 7) is 4.62. The van der Waals surface area contributed by atoms with Crippen molar-refractivity contribution >= 4 is 28.9 Å². The molecule has 4 rings (SSSR count). The van der Waals surface area contributed by atoms with Crippen molar-refractivity contribution in [2.24, 2.45) is 0 Å². The predicted octanol–water partition coefficient (Wildman–Crippen LogP) is 5.68. The van der Waals surface area contributed by atoms with Crippen molar-refractivity contribution in [3.8, 4) is 0 Å². The van der Waals surface area contributed by atoms with E-state index in [4.69, 9.17) is 16.3 Å². The Labute approximate surface area is 208 Å². The Hall–Kier alpha value is -2.55. The molecule has 188 valence electrons. The van der Waals surface area contributed by atoms with Crippen LogP contribution in [0.4, 0.5) is 18.9 Å². The van der Waals surface area contributed by atoms with Gasteiger partial charge < -0.3 is 15.0 Å². The zero-order chi connectivity index (χ0) is 24.8. The predicted molar refractivity (Wildman–Crippen MR) is 131 cm³/mol. The van der Waals surface area contributed by atoms with Crippen LogP contribution in [0, 0.1) is 0 Å². The summed E-state index contributed by atoms with van der Waals surface area (Å²) >= 11 is 6.18. The van der Waals surface area contributed by atoms with E-state index in [1.54, 1.807) is 48.5 Å². The molecule has 0 saturated carbocycles. The van der Waals surface area contributed by atoms with Crippen LogP contribution in [0.5, 0.6) is 0 Å². The molecule has 1 atom stereocenters. The van der Waals surface area contributed by atoms with Crippen molar-refractivity contribution in [2.75, 3.05) is 44.6 Å². The molecular weight excluding hydrogens is 479 g/mol. The number of nitrogens with zero attached hydrogens (tertiary/aromatic N) is 2. The van der Waals surface area contributed by atoms with Crippen LogP contribution in [0.25, 0.3) is 5.70 Å². The second-order valence-corrected chi connectivity index (χ2v) is 9.25. The molecule has 9 heteroatoms. The molecule has 0 aromatic heterocycles. The van der Waals surface area contributed by atoms with Crippen molar-refractivity contribution in [1.29, 1.82) is 0 Å². The number of hydrogen-bond acceptors (Lipinski definition) is 4. The summed E-state index contributed by atoms with van der Waals surface area (Å²) in [6.07, 6.45) is -1.83. The normalized spacial score (nSPS) is 19.7. The molecule has 1 N–H and O–H groups in total. The topological polar surface area (TPSA) is 44.8 Å². The second-order valence-electron chi connectivity index (χ2n) is 8.85. The number of rotatable bonds is 7. The lowest BCUT2D eigenvalue weighted by Crippen LogP contribution is -2.50. The zero-order valence-electron chi connectivity index (χ0n) is 19.4. The summed E-state index contributed by atoms with van der Waals surface area (Å²) in [5.41, 5.74) is 1.82. The fraction of sp³-hybridized carbons (Fsp3) is 0.423. The van der Waals surface area contributed by atoms with E-state index in [1.165, 1.54) is 0 Å². The van der Waals surface area contributed by atoms with E-state index in [9.17, 15) is 18.0 Å². The number of nitrogens with one attached hydrogen (secondary N) is 1. The number of hydrogen-bond donors (Lipinski definition) is 1. The van der Waals surface area contributed by atoms with E-state index in [0.29, 0.717) is 41.0 Å². The lowest BCUT2D eigenvalue weighted by atomic mass is 10.1. The van der Waals surface area contributed by atoms with Crippen LogP contribution in [-0.2, 0) is 4.74 Å². The van der Waals surface area contributed by atoms with Gasteiger partial charge >= 0.3 is 6.18 Å². The summed E-state index contributed by atoms with van der Waals surface area (Å²) in [7, 11) is 0. The van der Waals surface area contributed by atoms with Crippen LogP contribution >= 0.6 is 11.6 Å². The van der Waals surface area contributed by atoms with Crippen molar-refractivity contribution in [2.45, 2.75) is 31.5 Å². The first-order chi connectivity index (χ1) is 16.8. The summed E-state index contributed by atoms with van der Waals surface area (Å²) in [5, 5.41) is 3.40. The molecule has 2 saturated heterocycles. The first-order valence-electron chi connectivity index (χ1n) is 11.8. The van der Waals surface area contributed by atoms with Gasteiger partial charge in [0.05, 0.1) is 23.2 Å². The molecule has 2 aliphatic heterocycles. The number of allylic oxidation sites excluding steroid dienone is 1. The summed E-state index contributed by atoms with van der Waals surface area (Å²) in [6, 6.07) is 13.5. The first-order valence-corrected chi connectivity index (χ1v) is 12.2. The molecule has 0 aliphatic carbocycles. The second kappa shape index (κ2) is 11.5. The smallest absolute Gasteiger partial charge is 0.377 e. The molecule has 5 nitrogen and oxygen atoms in total. The maximum atomic E-state index is 13.0. The minimum Gasteiger partial charge on any atom is -0.377 e. The van der Waals surface area contributed by atoms with Crippen molar-refractivity contribution in [3.63, 3.8) is 0 Å². The summed E-state index contributed by atoms with van der Waals surface area (Å²) < 4.78 is 44.4. The van der Waals surface area contributed by atoms with Gasteiger partial charge in [0.2, 0.25) is 0 Å². The number of alkyl halides is 3. The van der Waals surface area contributed by atoms with Gasteiger partial charge in [0.15, 0.2) is 0 Å². The van der Waals surface area contributed by atoms with Gasteiger partial charge in [-0.05, 0) is 42.7 Å². The standard InChI is InChI=1S/C26H29ClF3N3O2/c27-22-5-1-2-6-24(22)31-23(11-12-26(28,29)30)19-7-9-20(10-8-19)25(34)33-15-13-32(14-16-33)18-21-4-3-17-35-21/h1-2,5-11,21,31H,3-4,12-18H2/b23-11-. The van der Waals surface area contributed by atoms with Crippen LogP contribution in [0.2, 0.25) is 5.02 Å². The molecule has 2 aromatic carbocycles. The number of para-hydroxylation sites is 1. The molecule has 35 heavy (non-hydrogen) atoms. The Bertz CT molecular complexity index is 1030. The van der Waals surface area contributed by atoms with E-state index in [1.807, 2.05) is 4.90 Å². The zero-order valence-corrected chi connectivity index (χ0v) is 20.1. The number of carbonyl (C=O) groups excluding carboxylic acids is 1. The largest absolute Gasteiger partial charge is 0.392 e. The molecule has 2 heterocycles. The Morgan fingerprint density at radius 3 is 2.37 bits per heavy atom. The van der Waals surface area contributed by atoms with Crippen molar-refractivity contribution < 1.29 is 22.7 Å². The lowest BCUT2D eigenvalue weighted by Gasteiger charge is -2.35. The minimum absolute atomic E-state index is 0.0757. The molecule has 2 fully saturated rings. The van der Waals surface area contributed by atoms with Crippen LogP contribution < -0.4 is 5.32 Å². The first kappa shape index (κ1) is 25.5. The fourth-order valence-electron chi connectivity index (χ4n) is 4.35. The highest BCUT2D eigenvalue weighted by Gasteiger charge is 2.27. The molecule has 0 spiro atoms. The number of carbonyl (C=O) groups is 1. The van der Waals surface area contributed by atoms with E-state index in [2.05, 4.69) is 10.2 Å². The lowest BCUT2D eigenvalue weighted by molar-refractivity contribution is -0.124. The molecule has 1 amide bonds. The third-order valence-corrected chi connectivity index (χ3v) is 6.60. The molecule has 2 aromatic rings. The van der Waals surface area contributed by atoms with Gasteiger partial charge in [-0.1, -0.05) is 41.9 Å². The summed E-state index contributed by atoms with van der Waals surface area (Å²) in [5.74, 6) is -0.0757. The van der Waals surface area contributed by atoms with E-state index in [-0.39, 0.29) is 11.6 Å². The van der Waals surface area contributed by atoms with Crippen LogP contribution in [0.15, 0.2) is 54.6 Å². The third-order valence-electron chi connectivity index (χ3n) is 6.27. The van der Waals surface area contributed by atoms with Gasteiger partial charge in [0.25, 0.3) is 5.91 Å². The van der Waals surface area contributed by atoms with Gasteiger partial charge in [-0.2, -0.15) is 13.2 Å². The Morgan fingerprint density at radius 2 is 1.74 bits per heavy atom. The van der Waals surface area contributed by atoms with Crippen LogP contribution in [0.1, 0.15) is 35.2 Å². The van der Waals surface area contributed by atoms with Crippen molar-refractivity contribution in [3.05, 3.63) is 70.8 Å². The fourth-order valence-corrected chi connectivity index (χ4v) is 4.53. The number of ether oxygens (including phenoxy) is 1. The Balaban J connectivity index is 1.41. The van der Waals surface area contributed by atoms with Crippen LogP contribution in [-0.4, -0.2) is 67.3 Å². The maximum Gasteiger partial charge on any atom is 0.392 e. The average Bonchev–Trinajstić information content (AvgIpc) is 3.35. The molecule has 0 radical (unpaired) electrons. The molecular formula is C26H29ClF3N3O2.